The van der Waals surface area contributed by atoms with Crippen LogP contribution in [0.4, 0.5) is 0 Å². The molecule has 1 saturated carbocycles. The number of rotatable bonds is 10. The predicted octanol–water partition coefficient (Wildman–Crippen LogP) is 8.00. The molecule has 0 spiro atoms. The van der Waals surface area contributed by atoms with Crippen LogP contribution in [0.25, 0.3) is 0 Å². The first-order valence-corrected chi connectivity index (χ1v) is 12.1. The highest BCUT2D eigenvalue weighted by molar-refractivity contribution is 6.55. The van der Waals surface area contributed by atoms with Crippen LogP contribution < -0.4 is 9.47 Å². The first kappa shape index (κ1) is 25.0. The van der Waals surface area contributed by atoms with Gasteiger partial charge >= 0.3 is 0 Å². The highest BCUT2D eigenvalue weighted by atomic mass is 35.5. The van der Waals surface area contributed by atoms with Crippen LogP contribution in [0.15, 0.2) is 52.1 Å². The third-order valence-corrected chi connectivity index (χ3v) is 5.91. The second kappa shape index (κ2) is 13.2. The molecule has 0 saturated heterocycles. The van der Waals surface area contributed by atoms with E-state index in [9.17, 15) is 0 Å². The van der Waals surface area contributed by atoms with Crippen molar-refractivity contribution in [2.45, 2.75) is 44.6 Å². The molecule has 0 amide bonds. The average molecular weight is 517 g/mol. The summed E-state index contributed by atoms with van der Waals surface area (Å²) in [6, 6.07) is 11.4. The zero-order valence-electron chi connectivity index (χ0n) is 17.5. The van der Waals surface area contributed by atoms with Gasteiger partial charge in [-0.3, -0.25) is 0 Å². The van der Waals surface area contributed by atoms with Gasteiger partial charge in [0.05, 0.1) is 22.9 Å². The Morgan fingerprint density at radius 3 is 2.31 bits per heavy atom. The Morgan fingerprint density at radius 2 is 1.66 bits per heavy atom. The van der Waals surface area contributed by atoms with Gasteiger partial charge in [-0.05, 0) is 42.9 Å². The van der Waals surface area contributed by atoms with E-state index in [1.54, 1.807) is 18.3 Å². The van der Waals surface area contributed by atoms with Crippen LogP contribution in [-0.2, 0) is 11.3 Å². The van der Waals surface area contributed by atoms with Crippen molar-refractivity contribution in [2.75, 3.05) is 13.2 Å². The van der Waals surface area contributed by atoms with E-state index in [4.69, 9.17) is 60.7 Å². The Hall–Kier alpha value is -1.59. The number of benzene rings is 2. The molecule has 4 nitrogen and oxygen atoms in total. The number of oxime groups is 1. The molecule has 0 bridgehead atoms. The summed E-state index contributed by atoms with van der Waals surface area (Å²) in [5.41, 5.74) is 2.13. The standard InChI is InChI=1S/C24H25Cl4NO3/c25-21-14-20(30-13-11-23(27)28)15-22(26)24(21)31-12-10-17-6-8-18(9-7-17)16-29-32-19-4-2-1-3-5-19/h6-9,11,14-16,19H,1-5,10,12-13H2/b29-16+. The van der Waals surface area contributed by atoms with E-state index >= 15 is 0 Å². The van der Waals surface area contributed by atoms with Gasteiger partial charge in [-0.1, -0.05) is 82.2 Å². The number of halogens is 4. The third kappa shape index (κ3) is 8.40. The Balaban J connectivity index is 1.46. The quantitative estimate of drug-likeness (QED) is 0.237. The Kier molecular flexibility index (Phi) is 10.3. The molecule has 0 heterocycles. The van der Waals surface area contributed by atoms with Gasteiger partial charge in [0.15, 0.2) is 5.75 Å². The van der Waals surface area contributed by atoms with Gasteiger partial charge in [0, 0.05) is 18.6 Å². The molecule has 1 aliphatic carbocycles. The fourth-order valence-corrected chi connectivity index (χ4v) is 4.05. The molecule has 1 aliphatic rings. The molecular weight excluding hydrogens is 492 g/mol. The van der Waals surface area contributed by atoms with Crippen molar-refractivity contribution in [1.82, 2.24) is 0 Å². The highest BCUT2D eigenvalue weighted by Crippen LogP contribution is 2.37. The molecule has 2 aromatic carbocycles. The Bertz CT molecular complexity index is 898. The summed E-state index contributed by atoms with van der Waals surface area (Å²) < 4.78 is 11.4. The second-order valence-electron chi connectivity index (χ2n) is 7.46. The van der Waals surface area contributed by atoms with Crippen LogP contribution in [0.3, 0.4) is 0 Å². The summed E-state index contributed by atoms with van der Waals surface area (Å²) in [6.45, 7) is 0.644. The van der Waals surface area contributed by atoms with E-state index in [-0.39, 0.29) is 17.2 Å². The molecule has 0 radical (unpaired) electrons. The maximum absolute atomic E-state index is 6.30. The van der Waals surface area contributed by atoms with Crippen molar-refractivity contribution in [3.8, 4) is 11.5 Å². The van der Waals surface area contributed by atoms with Crippen LogP contribution in [0.5, 0.6) is 11.5 Å². The summed E-state index contributed by atoms with van der Waals surface area (Å²) in [5, 5.41) is 4.89. The lowest BCUT2D eigenvalue weighted by atomic mass is 9.98. The van der Waals surface area contributed by atoms with E-state index < -0.39 is 0 Å². The van der Waals surface area contributed by atoms with Crippen LogP contribution in [-0.4, -0.2) is 25.5 Å². The van der Waals surface area contributed by atoms with E-state index in [0.29, 0.717) is 34.6 Å². The van der Waals surface area contributed by atoms with Crippen molar-refractivity contribution in [3.63, 3.8) is 0 Å². The largest absolute Gasteiger partial charge is 0.490 e. The zero-order valence-corrected chi connectivity index (χ0v) is 20.6. The van der Waals surface area contributed by atoms with Crippen molar-refractivity contribution in [3.05, 3.63) is 68.1 Å². The first-order valence-electron chi connectivity index (χ1n) is 10.5. The molecule has 8 heteroatoms. The fraction of sp³-hybridized carbons (Fsp3) is 0.375. The SMILES string of the molecule is ClC(Cl)=CCOc1cc(Cl)c(OCCc2ccc(/C=N/OC3CCCCC3)cc2)c(Cl)c1. The minimum atomic E-state index is 0.134. The predicted molar refractivity (Wildman–Crippen MR) is 133 cm³/mol. The molecule has 172 valence electrons. The van der Waals surface area contributed by atoms with E-state index in [0.717, 1.165) is 24.0 Å². The minimum absolute atomic E-state index is 0.134. The molecule has 0 unspecified atom stereocenters. The third-order valence-electron chi connectivity index (χ3n) is 5.04. The number of hydrogen-bond acceptors (Lipinski definition) is 4. The highest BCUT2D eigenvalue weighted by Gasteiger charge is 2.14. The molecule has 1 fully saturated rings. The van der Waals surface area contributed by atoms with Gasteiger partial charge in [0.25, 0.3) is 0 Å². The zero-order chi connectivity index (χ0) is 22.8. The summed E-state index contributed by atoms with van der Waals surface area (Å²) in [4.78, 5) is 5.59. The molecule has 3 rings (SSSR count). The Labute approximate surface area is 209 Å². The van der Waals surface area contributed by atoms with Gasteiger partial charge in [-0.25, -0.2) is 0 Å². The van der Waals surface area contributed by atoms with Crippen molar-refractivity contribution < 1.29 is 14.3 Å². The summed E-state index contributed by atoms with van der Waals surface area (Å²) in [5.74, 6) is 0.929. The minimum Gasteiger partial charge on any atom is -0.490 e. The number of hydrogen-bond donors (Lipinski definition) is 0. The van der Waals surface area contributed by atoms with Gasteiger partial charge in [-0.15, -0.1) is 0 Å². The topological polar surface area (TPSA) is 40.0 Å². The number of ether oxygens (including phenoxy) is 2. The molecule has 0 aromatic heterocycles. The van der Waals surface area contributed by atoms with Gasteiger partial charge in [0.2, 0.25) is 0 Å². The van der Waals surface area contributed by atoms with Gasteiger partial charge < -0.3 is 14.3 Å². The molecule has 2 aromatic rings. The maximum Gasteiger partial charge on any atom is 0.156 e. The van der Waals surface area contributed by atoms with Crippen LogP contribution in [0.2, 0.25) is 10.0 Å². The number of nitrogens with zero attached hydrogens (tertiary/aromatic N) is 1. The second-order valence-corrected chi connectivity index (χ2v) is 9.28. The molecular formula is C24H25Cl4NO3. The van der Waals surface area contributed by atoms with E-state index in [1.165, 1.54) is 25.3 Å². The maximum atomic E-state index is 6.30. The molecule has 0 N–H and O–H groups in total. The van der Waals surface area contributed by atoms with Crippen molar-refractivity contribution in [1.29, 1.82) is 0 Å². The summed E-state index contributed by atoms with van der Waals surface area (Å²) in [7, 11) is 0. The lowest BCUT2D eigenvalue weighted by Gasteiger charge is -2.18. The molecule has 0 atom stereocenters. The smallest absolute Gasteiger partial charge is 0.156 e. The monoisotopic (exact) mass is 515 g/mol. The fourth-order valence-electron chi connectivity index (χ4n) is 3.35. The van der Waals surface area contributed by atoms with Crippen molar-refractivity contribution >= 4 is 52.6 Å². The van der Waals surface area contributed by atoms with Crippen LogP contribution in [0, 0.1) is 0 Å². The summed E-state index contributed by atoms with van der Waals surface area (Å²) >= 11 is 23.7. The molecule has 32 heavy (non-hydrogen) atoms. The first-order chi connectivity index (χ1) is 15.5. The molecule has 0 aliphatic heterocycles. The summed E-state index contributed by atoms with van der Waals surface area (Å²) in [6.07, 6.45) is 10.2. The van der Waals surface area contributed by atoms with Crippen LogP contribution >= 0.6 is 46.4 Å². The van der Waals surface area contributed by atoms with Gasteiger partial charge in [-0.2, -0.15) is 0 Å². The van der Waals surface area contributed by atoms with E-state index in [2.05, 4.69) is 5.16 Å². The van der Waals surface area contributed by atoms with Crippen molar-refractivity contribution in [2.24, 2.45) is 5.16 Å². The lowest BCUT2D eigenvalue weighted by Crippen LogP contribution is -2.13. The van der Waals surface area contributed by atoms with E-state index in [1.807, 2.05) is 24.3 Å². The average Bonchev–Trinajstić information content (AvgIpc) is 2.77. The Morgan fingerprint density at radius 1 is 0.969 bits per heavy atom. The normalized spacial score (nSPS) is 14.4. The van der Waals surface area contributed by atoms with Crippen LogP contribution in [0.1, 0.15) is 43.2 Å². The van der Waals surface area contributed by atoms with Gasteiger partial charge in [0.1, 0.15) is 23.0 Å². The lowest BCUT2D eigenvalue weighted by molar-refractivity contribution is 0.0340.